The van der Waals surface area contributed by atoms with Gasteiger partial charge in [0.2, 0.25) is 5.91 Å². The first kappa shape index (κ1) is 27.5. The summed E-state index contributed by atoms with van der Waals surface area (Å²) in [5.41, 5.74) is 6.74. The van der Waals surface area contributed by atoms with E-state index in [9.17, 15) is 18.4 Å². The van der Waals surface area contributed by atoms with Gasteiger partial charge in [-0.3, -0.25) is 9.59 Å². The number of carbonyl (C=O) groups excluding carboxylic acids is 1. The van der Waals surface area contributed by atoms with E-state index < -0.39 is 17.2 Å². The number of nitrogens with one attached hydrogen (secondary N) is 1. The standard InChI is InChI=1S/C24H24BrF2N3O3.ClH/c1-14-10-20(33-13-16-6-7-17(26)11-19(16)27)21(25)22(31)30(14)12-15-4-8-18(9-5-15)29-23(32)24(2,3)28;/h4-11H,12-13,28H2,1-3H3,(H,29,32);1H. The van der Waals surface area contributed by atoms with Crippen LogP contribution < -0.4 is 21.3 Å². The largest absolute Gasteiger partial charge is 0.487 e. The van der Waals surface area contributed by atoms with Crippen LogP contribution in [0.3, 0.4) is 0 Å². The number of pyridine rings is 1. The maximum atomic E-state index is 13.8. The number of benzene rings is 2. The summed E-state index contributed by atoms with van der Waals surface area (Å²) in [5, 5.41) is 2.74. The summed E-state index contributed by atoms with van der Waals surface area (Å²) in [4.78, 5) is 24.9. The highest BCUT2D eigenvalue weighted by Crippen LogP contribution is 2.24. The minimum Gasteiger partial charge on any atom is -0.487 e. The van der Waals surface area contributed by atoms with Crippen molar-refractivity contribution in [3.8, 4) is 5.75 Å². The Bertz CT molecular complexity index is 1240. The average Bonchev–Trinajstić information content (AvgIpc) is 2.74. The van der Waals surface area contributed by atoms with E-state index in [1.54, 1.807) is 55.7 Å². The minimum absolute atomic E-state index is 0. The van der Waals surface area contributed by atoms with Crippen molar-refractivity contribution in [3.05, 3.63) is 91.8 Å². The molecular weight excluding hydrogens is 532 g/mol. The molecule has 1 heterocycles. The smallest absolute Gasteiger partial charge is 0.269 e. The molecule has 182 valence electrons. The van der Waals surface area contributed by atoms with Gasteiger partial charge in [-0.05, 0) is 66.5 Å². The summed E-state index contributed by atoms with van der Waals surface area (Å²) >= 11 is 3.27. The molecule has 3 rings (SSSR count). The van der Waals surface area contributed by atoms with Crippen molar-refractivity contribution in [1.29, 1.82) is 0 Å². The molecule has 34 heavy (non-hydrogen) atoms. The van der Waals surface area contributed by atoms with Crippen LogP contribution in [0.25, 0.3) is 0 Å². The number of anilines is 1. The molecule has 3 N–H and O–H groups in total. The highest BCUT2D eigenvalue weighted by molar-refractivity contribution is 9.10. The highest BCUT2D eigenvalue weighted by atomic mass is 79.9. The Balaban J connectivity index is 0.00000408. The second-order valence-electron chi connectivity index (χ2n) is 8.25. The van der Waals surface area contributed by atoms with Gasteiger partial charge in [0, 0.05) is 29.1 Å². The van der Waals surface area contributed by atoms with Gasteiger partial charge in [-0.1, -0.05) is 12.1 Å². The Labute approximate surface area is 210 Å². The second kappa shape index (κ2) is 11.1. The number of hydrogen-bond donors (Lipinski definition) is 2. The third kappa shape index (κ3) is 6.65. The van der Waals surface area contributed by atoms with Crippen molar-refractivity contribution in [2.75, 3.05) is 5.32 Å². The van der Waals surface area contributed by atoms with Gasteiger partial charge in [0.1, 0.15) is 28.5 Å². The lowest BCUT2D eigenvalue weighted by Crippen LogP contribution is -2.45. The number of halogens is 4. The fraction of sp³-hybridized carbons (Fsp3) is 0.250. The van der Waals surface area contributed by atoms with Gasteiger partial charge in [-0.2, -0.15) is 0 Å². The van der Waals surface area contributed by atoms with Crippen molar-refractivity contribution in [3.63, 3.8) is 0 Å². The fourth-order valence-corrected chi connectivity index (χ4v) is 3.42. The number of ether oxygens (including phenoxy) is 1. The zero-order chi connectivity index (χ0) is 24.3. The second-order valence-corrected chi connectivity index (χ2v) is 9.05. The predicted octanol–water partition coefficient (Wildman–Crippen LogP) is 4.92. The quantitative estimate of drug-likeness (QED) is 0.432. The van der Waals surface area contributed by atoms with Crippen molar-refractivity contribution in [2.45, 2.75) is 39.5 Å². The van der Waals surface area contributed by atoms with Gasteiger partial charge in [0.15, 0.2) is 0 Å². The molecule has 0 aliphatic carbocycles. The normalized spacial score (nSPS) is 11.0. The first-order chi connectivity index (χ1) is 15.5. The lowest BCUT2D eigenvalue weighted by atomic mass is 10.1. The SMILES string of the molecule is Cc1cc(OCc2ccc(F)cc2F)c(Br)c(=O)n1Cc1ccc(NC(=O)C(C)(C)N)cc1.Cl. The van der Waals surface area contributed by atoms with Crippen molar-refractivity contribution < 1.29 is 18.3 Å². The maximum absolute atomic E-state index is 13.8. The third-order valence-corrected chi connectivity index (χ3v) is 5.68. The number of nitrogens with zero attached hydrogens (tertiary/aromatic N) is 1. The molecule has 0 radical (unpaired) electrons. The zero-order valence-corrected chi connectivity index (χ0v) is 21.2. The van der Waals surface area contributed by atoms with Crippen LogP contribution >= 0.6 is 28.3 Å². The fourth-order valence-electron chi connectivity index (χ4n) is 2.98. The van der Waals surface area contributed by atoms with Crippen LogP contribution in [-0.4, -0.2) is 16.0 Å². The summed E-state index contributed by atoms with van der Waals surface area (Å²) < 4.78 is 34.3. The predicted molar refractivity (Wildman–Crippen MR) is 134 cm³/mol. The minimum atomic E-state index is -0.998. The maximum Gasteiger partial charge on any atom is 0.269 e. The Morgan fingerprint density at radius 3 is 2.38 bits per heavy atom. The lowest BCUT2D eigenvalue weighted by molar-refractivity contribution is -0.120. The summed E-state index contributed by atoms with van der Waals surface area (Å²) in [7, 11) is 0. The van der Waals surface area contributed by atoms with E-state index in [1.807, 2.05) is 0 Å². The van der Waals surface area contributed by atoms with Crippen LogP contribution in [-0.2, 0) is 17.9 Å². The van der Waals surface area contributed by atoms with Crippen molar-refractivity contribution in [1.82, 2.24) is 4.57 Å². The van der Waals surface area contributed by atoms with Gasteiger partial charge >= 0.3 is 0 Å². The molecule has 0 saturated carbocycles. The number of hydrogen-bond acceptors (Lipinski definition) is 4. The summed E-state index contributed by atoms with van der Waals surface area (Å²) in [6, 6.07) is 12.0. The molecular formula is C24H25BrClF2N3O3. The van der Waals surface area contributed by atoms with E-state index in [0.717, 1.165) is 17.7 Å². The van der Waals surface area contributed by atoms with Crippen LogP contribution in [0.15, 0.2) is 57.8 Å². The van der Waals surface area contributed by atoms with E-state index in [2.05, 4.69) is 21.2 Å². The Hall–Kier alpha value is -2.75. The molecule has 1 aromatic heterocycles. The Kier molecular flexibility index (Phi) is 8.99. The number of aryl methyl sites for hydroxylation is 1. The van der Waals surface area contributed by atoms with Crippen LogP contribution in [0.2, 0.25) is 0 Å². The molecule has 0 saturated heterocycles. The monoisotopic (exact) mass is 555 g/mol. The molecule has 0 atom stereocenters. The Morgan fingerprint density at radius 1 is 1.15 bits per heavy atom. The number of rotatable bonds is 7. The van der Waals surface area contributed by atoms with E-state index >= 15 is 0 Å². The van der Waals surface area contributed by atoms with Crippen LogP contribution in [0.1, 0.15) is 30.7 Å². The summed E-state index contributed by atoms with van der Waals surface area (Å²) in [6.45, 7) is 5.14. The topological polar surface area (TPSA) is 86.3 Å². The summed E-state index contributed by atoms with van der Waals surface area (Å²) in [5.74, 6) is -1.43. The van der Waals surface area contributed by atoms with Crippen LogP contribution in [0, 0.1) is 18.6 Å². The van der Waals surface area contributed by atoms with Gasteiger partial charge in [-0.25, -0.2) is 8.78 Å². The zero-order valence-electron chi connectivity index (χ0n) is 18.8. The molecule has 0 fully saturated rings. The molecule has 10 heteroatoms. The van der Waals surface area contributed by atoms with E-state index in [1.165, 1.54) is 6.07 Å². The van der Waals surface area contributed by atoms with Gasteiger partial charge < -0.3 is 20.4 Å². The first-order valence-corrected chi connectivity index (χ1v) is 10.9. The average molecular weight is 557 g/mol. The van der Waals surface area contributed by atoms with Gasteiger partial charge in [0.25, 0.3) is 5.56 Å². The molecule has 2 aromatic carbocycles. The van der Waals surface area contributed by atoms with E-state index in [4.69, 9.17) is 10.5 Å². The van der Waals surface area contributed by atoms with Crippen molar-refractivity contribution >= 4 is 39.9 Å². The first-order valence-electron chi connectivity index (χ1n) is 10.1. The molecule has 3 aromatic rings. The molecule has 0 spiro atoms. The molecule has 0 unspecified atom stereocenters. The molecule has 6 nitrogen and oxygen atoms in total. The Morgan fingerprint density at radius 2 is 1.79 bits per heavy atom. The molecule has 1 amide bonds. The highest BCUT2D eigenvalue weighted by Gasteiger charge is 2.21. The van der Waals surface area contributed by atoms with Gasteiger partial charge in [-0.15, -0.1) is 12.4 Å². The molecule has 0 aliphatic rings. The number of carbonyl (C=O) groups is 1. The van der Waals surface area contributed by atoms with Crippen molar-refractivity contribution in [2.24, 2.45) is 5.73 Å². The van der Waals surface area contributed by atoms with Crippen LogP contribution in [0.4, 0.5) is 14.5 Å². The van der Waals surface area contributed by atoms with E-state index in [-0.39, 0.29) is 46.3 Å². The number of amides is 1. The number of nitrogens with two attached hydrogens (primary N) is 1. The third-order valence-electron chi connectivity index (χ3n) is 4.95. The van der Waals surface area contributed by atoms with E-state index in [0.29, 0.717) is 17.9 Å². The van der Waals surface area contributed by atoms with Crippen LogP contribution in [0.5, 0.6) is 5.75 Å². The van der Waals surface area contributed by atoms with Gasteiger partial charge in [0.05, 0.1) is 12.1 Å². The molecule has 0 aliphatic heterocycles. The number of aromatic nitrogens is 1. The molecule has 0 bridgehead atoms. The lowest BCUT2D eigenvalue weighted by Gasteiger charge is -2.18. The summed E-state index contributed by atoms with van der Waals surface area (Å²) in [6.07, 6.45) is 0.